The van der Waals surface area contributed by atoms with Crippen LogP contribution in [0, 0.1) is 0 Å². The highest BCUT2D eigenvalue weighted by Crippen LogP contribution is 2.39. The van der Waals surface area contributed by atoms with Crippen molar-refractivity contribution in [2.75, 3.05) is 12.0 Å². The van der Waals surface area contributed by atoms with Gasteiger partial charge in [-0.3, -0.25) is 4.98 Å². The number of rotatable bonds is 8. The molecule has 0 saturated heterocycles. The van der Waals surface area contributed by atoms with E-state index in [1.165, 1.54) is 12.8 Å². The first-order valence-corrected chi connectivity index (χ1v) is 12.2. The molecule has 1 aromatic heterocycles. The van der Waals surface area contributed by atoms with Crippen LogP contribution in [-0.4, -0.2) is 29.8 Å². The summed E-state index contributed by atoms with van der Waals surface area (Å²) >= 11 is 0. The number of aromatic nitrogens is 1. The van der Waals surface area contributed by atoms with Gasteiger partial charge in [-0.1, -0.05) is 18.2 Å². The van der Waals surface area contributed by atoms with Crippen LogP contribution in [0.3, 0.4) is 0 Å². The molecular formula is C29H34N2O4. The van der Waals surface area contributed by atoms with Gasteiger partial charge in [-0.25, -0.2) is 4.79 Å². The summed E-state index contributed by atoms with van der Waals surface area (Å²) < 4.78 is 17.7. The van der Waals surface area contributed by atoms with E-state index in [0.29, 0.717) is 23.6 Å². The van der Waals surface area contributed by atoms with Crippen LogP contribution in [0.4, 0.5) is 11.4 Å². The van der Waals surface area contributed by atoms with Crippen LogP contribution >= 0.6 is 0 Å². The molecule has 1 heterocycles. The molecule has 0 aliphatic heterocycles. The smallest absolute Gasteiger partial charge is 0.340 e. The van der Waals surface area contributed by atoms with E-state index in [4.69, 9.17) is 14.2 Å². The fourth-order valence-electron chi connectivity index (χ4n) is 4.32. The summed E-state index contributed by atoms with van der Waals surface area (Å²) in [6.07, 6.45) is 8.25. The van der Waals surface area contributed by atoms with Crippen molar-refractivity contribution in [2.24, 2.45) is 0 Å². The maximum atomic E-state index is 13.2. The van der Waals surface area contributed by atoms with Crippen LogP contribution in [0.5, 0.6) is 11.5 Å². The van der Waals surface area contributed by atoms with E-state index < -0.39 is 5.60 Å². The Kier molecular flexibility index (Phi) is 7.59. The SMILES string of the molecule is COc1ccc(N(Cc2cccnc2)c2ccccc2C(=O)OC(C)(C)C)cc1OC1CCCC1. The van der Waals surface area contributed by atoms with E-state index in [1.807, 2.05) is 75.5 Å². The third kappa shape index (κ3) is 6.32. The summed E-state index contributed by atoms with van der Waals surface area (Å²) in [7, 11) is 1.65. The number of benzene rings is 2. The number of carbonyl (C=O) groups excluding carboxylic acids is 1. The van der Waals surface area contributed by atoms with Crippen molar-refractivity contribution in [1.29, 1.82) is 0 Å². The second-order valence-corrected chi connectivity index (χ2v) is 9.83. The van der Waals surface area contributed by atoms with E-state index in [2.05, 4.69) is 9.88 Å². The average molecular weight is 475 g/mol. The number of hydrogen-bond donors (Lipinski definition) is 0. The van der Waals surface area contributed by atoms with Crippen LogP contribution in [0.1, 0.15) is 62.4 Å². The quantitative estimate of drug-likeness (QED) is 0.338. The van der Waals surface area contributed by atoms with Gasteiger partial charge in [0, 0.05) is 30.7 Å². The first-order valence-electron chi connectivity index (χ1n) is 12.2. The van der Waals surface area contributed by atoms with E-state index >= 15 is 0 Å². The van der Waals surface area contributed by atoms with Gasteiger partial charge in [-0.05, 0) is 82.3 Å². The van der Waals surface area contributed by atoms with Crippen LogP contribution in [0.25, 0.3) is 0 Å². The lowest BCUT2D eigenvalue weighted by Crippen LogP contribution is -2.26. The highest BCUT2D eigenvalue weighted by Gasteiger charge is 2.25. The van der Waals surface area contributed by atoms with Crippen molar-refractivity contribution >= 4 is 17.3 Å². The molecule has 0 atom stereocenters. The van der Waals surface area contributed by atoms with Crippen molar-refractivity contribution < 1.29 is 19.0 Å². The zero-order chi connectivity index (χ0) is 24.8. The Balaban J connectivity index is 1.77. The van der Waals surface area contributed by atoms with E-state index in [-0.39, 0.29) is 12.1 Å². The van der Waals surface area contributed by atoms with Gasteiger partial charge >= 0.3 is 5.97 Å². The molecule has 3 aromatic rings. The molecular weight excluding hydrogens is 440 g/mol. The lowest BCUT2D eigenvalue weighted by atomic mass is 10.1. The van der Waals surface area contributed by atoms with Crippen molar-refractivity contribution in [1.82, 2.24) is 4.98 Å². The highest BCUT2D eigenvalue weighted by molar-refractivity contribution is 5.97. The fourth-order valence-corrected chi connectivity index (χ4v) is 4.32. The minimum absolute atomic E-state index is 0.194. The molecule has 184 valence electrons. The van der Waals surface area contributed by atoms with Crippen molar-refractivity contribution in [3.63, 3.8) is 0 Å². The molecule has 0 spiro atoms. The van der Waals surface area contributed by atoms with Gasteiger partial charge in [-0.2, -0.15) is 0 Å². The summed E-state index contributed by atoms with van der Waals surface area (Å²) in [6.45, 7) is 6.13. The number of pyridine rings is 1. The number of ether oxygens (including phenoxy) is 3. The lowest BCUT2D eigenvalue weighted by molar-refractivity contribution is 0.00703. The second kappa shape index (κ2) is 10.8. The minimum atomic E-state index is -0.596. The van der Waals surface area contributed by atoms with E-state index in [1.54, 1.807) is 19.4 Å². The van der Waals surface area contributed by atoms with Gasteiger partial charge in [0.2, 0.25) is 0 Å². The fraction of sp³-hybridized carbons (Fsp3) is 0.379. The summed E-state index contributed by atoms with van der Waals surface area (Å²) in [4.78, 5) is 19.5. The lowest BCUT2D eigenvalue weighted by Gasteiger charge is -2.29. The second-order valence-electron chi connectivity index (χ2n) is 9.83. The first kappa shape index (κ1) is 24.6. The van der Waals surface area contributed by atoms with Crippen molar-refractivity contribution in [3.05, 3.63) is 78.1 Å². The van der Waals surface area contributed by atoms with Crippen LogP contribution in [0.2, 0.25) is 0 Å². The van der Waals surface area contributed by atoms with Crippen LogP contribution < -0.4 is 14.4 Å². The van der Waals surface area contributed by atoms with Crippen molar-refractivity contribution in [3.8, 4) is 11.5 Å². The zero-order valence-corrected chi connectivity index (χ0v) is 21.0. The Morgan fingerprint density at radius 1 is 1.03 bits per heavy atom. The van der Waals surface area contributed by atoms with E-state index in [9.17, 15) is 4.79 Å². The molecule has 0 N–H and O–H groups in total. The average Bonchev–Trinajstić information content (AvgIpc) is 3.35. The van der Waals surface area contributed by atoms with E-state index in [0.717, 1.165) is 29.8 Å². The Hall–Kier alpha value is -3.54. The number of anilines is 2. The molecule has 0 radical (unpaired) electrons. The minimum Gasteiger partial charge on any atom is -0.493 e. The standard InChI is InChI=1S/C29H34N2O4/c1-29(2,3)35-28(32)24-13-7-8-14-25(24)31(20-21-10-9-17-30-19-21)22-15-16-26(33-4)27(18-22)34-23-11-5-6-12-23/h7-10,13-19,23H,5-6,11-12,20H2,1-4H3. The Labute approximate surface area is 207 Å². The number of carbonyl (C=O) groups is 1. The molecule has 0 bridgehead atoms. The predicted molar refractivity (Wildman–Crippen MR) is 138 cm³/mol. The number of esters is 1. The summed E-state index contributed by atoms with van der Waals surface area (Å²) in [5, 5.41) is 0. The Morgan fingerprint density at radius 2 is 1.80 bits per heavy atom. The predicted octanol–water partition coefficient (Wildman–Crippen LogP) is 6.71. The third-order valence-electron chi connectivity index (χ3n) is 5.93. The van der Waals surface area contributed by atoms with Crippen molar-refractivity contribution in [2.45, 2.75) is 64.7 Å². The van der Waals surface area contributed by atoms with Crippen LogP contribution in [0.15, 0.2) is 67.0 Å². The Bertz CT molecular complexity index is 1130. The molecule has 1 fully saturated rings. The van der Waals surface area contributed by atoms with Gasteiger partial charge in [0.15, 0.2) is 11.5 Å². The molecule has 6 nitrogen and oxygen atoms in total. The number of nitrogens with zero attached hydrogens (tertiary/aromatic N) is 2. The monoisotopic (exact) mass is 474 g/mol. The number of para-hydroxylation sites is 1. The van der Waals surface area contributed by atoms with Crippen LogP contribution in [-0.2, 0) is 11.3 Å². The number of hydrogen-bond acceptors (Lipinski definition) is 6. The first-order chi connectivity index (χ1) is 16.8. The molecule has 1 saturated carbocycles. The normalized spacial score (nSPS) is 13.9. The molecule has 0 unspecified atom stereocenters. The molecule has 4 rings (SSSR count). The Morgan fingerprint density at radius 3 is 2.49 bits per heavy atom. The molecule has 35 heavy (non-hydrogen) atoms. The summed E-state index contributed by atoms with van der Waals surface area (Å²) in [6, 6.07) is 17.4. The molecule has 0 amide bonds. The van der Waals surface area contributed by atoms with Gasteiger partial charge in [0.05, 0.1) is 24.5 Å². The van der Waals surface area contributed by atoms with Gasteiger partial charge in [0.25, 0.3) is 0 Å². The molecule has 1 aliphatic carbocycles. The topological polar surface area (TPSA) is 60.9 Å². The maximum absolute atomic E-state index is 13.2. The molecule has 1 aliphatic rings. The van der Waals surface area contributed by atoms with Gasteiger partial charge < -0.3 is 19.1 Å². The third-order valence-corrected chi connectivity index (χ3v) is 5.93. The molecule has 6 heteroatoms. The summed E-state index contributed by atoms with van der Waals surface area (Å²) in [5.41, 5.74) is 2.56. The van der Waals surface area contributed by atoms with Gasteiger partial charge in [0.1, 0.15) is 5.60 Å². The maximum Gasteiger partial charge on any atom is 0.340 e. The summed E-state index contributed by atoms with van der Waals surface area (Å²) in [5.74, 6) is 1.05. The largest absolute Gasteiger partial charge is 0.493 e. The molecule has 2 aromatic carbocycles. The highest BCUT2D eigenvalue weighted by atomic mass is 16.6. The number of methoxy groups -OCH3 is 1. The zero-order valence-electron chi connectivity index (χ0n) is 21.0. The van der Waals surface area contributed by atoms with Gasteiger partial charge in [-0.15, -0.1) is 0 Å².